The molecule has 7 atom stereocenters. The summed E-state index contributed by atoms with van der Waals surface area (Å²) in [6.07, 6.45) is 13.8. The Hall–Kier alpha value is -1.48. The first kappa shape index (κ1) is 22.3. The summed E-state index contributed by atoms with van der Waals surface area (Å²) in [5.41, 5.74) is 2.28. The van der Waals surface area contributed by atoms with Crippen LogP contribution in [-0.2, 0) is 4.79 Å². The molecule has 0 radical (unpaired) electrons. The van der Waals surface area contributed by atoms with Gasteiger partial charge in [-0.25, -0.2) is 0 Å². The lowest BCUT2D eigenvalue weighted by atomic mass is 9.28. The number of carbonyl (C=O) groups is 1. The summed E-state index contributed by atoms with van der Waals surface area (Å²) in [6.45, 7) is 14.8. The number of fused-ring (bicyclic) bond motifs is 5. The van der Waals surface area contributed by atoms with Gasteiger partial charge >= 0.3 is 0 Å². The molecule has 174 valence electrons. The van der Waals surface area contributed by atoms with E-state index in [-0.39, 0.29) is 38.6 Å². The summed E-state index contributed by atoms with van der Waals surface area (Å²) in [7, 11) is 0. The van der Waals surface area contributed by atoms with E-state index in [0.717, 1.165) is 62.5 Å². The van der Waals surface area contributed by atoms with Crippen molar-refractivity contribution in [3.8, 4) is 0 Å². The normalized spacial score (nSPS) is 51.8. The molecule has 1 aromatic heterocycles. The minimum absolute atomic E-state index is 0.0661. The molecule has 0 amide bonds. The summed E-state index contributed by atoms with van der Waals surface area (Å²) >= 11 is 0. The molecule has 5 rings (SSSR count). The van der Waals surface area contributed by atoms with E-state index in [1.54, 1.807) is 12.4 Å². The van der Waals surface area contributed by atoms with E-state index in [2.05, 4.69) is 52.6 Å². The zero-order chi connectivity index (χ0) is 23.2. The summed E-state index contributed by atoms with van der Waals surface area (Å²) < 4.78 is 0. The molecule has 0 aliphatic heterocycles. The van der Waals surface area contributed by atoms with Crippen LogP contribution >= 0.6 is 0 Å². The lowest BCUT2D eigenvalue weighted by Crippen LogP contribution is -2.70. The summed E-state index contributed by atoms with van der Waals surface area (Å²) in [5.74, 6) is 0.373. The van der Waals surface area contributed by atoms with Crippen molar-refractivity contribution in [1.82, 2.24) is 4.98 Å². The van der Waals surface area contributed by atoms with E-state index < -0.39 is 0 Å². The highest BCUT2D eigenvalue weighted by molar-refractivity contribution is 6.06. The highest BCUT2D eigenvalue weighted by Gasteiger charge is 2.77. The molecular formula is C29H41NO2. The van der Waals surface area contributed by atoms with Crippen LogP contribution in [0.15, 0.2) is 30.1 Å². The molecule has 3 heteroatoms. The topological polar surface area (TPSA) is 50.2 Å². The van der Waals surface area contributed by atoms with Gasteiger partial charge in [-0.1, -0.05) is 41.5 Å². The van der Waals surface area contributed by atoms with Crippen molar-refractivity contribution < 1.29 is 9.90 Å². The molecule has 3 nitrogen and oxygen atoms in total. The highest BCUT2D eigenvalue weighted by Crippen LogP contribution is 2.82. The second kappa shape index (κ2) is 6.56. The van der Waals surface area contributed by atoms with Crippen molar-refractivity contribution in [2.45, 2.75) is 99.0 Å². The SMILES string of the molecule is C[C@]12CC[C@@]3(C)[C@@](C)(CC[C@@]4(C)C(=O)/C(=C/c5ccncc5)C[C@]34C)[C@]1(C)CC[C@@H](O)C2. The van der Waals surface area contributed by atoms with Crippen molar-refractivity contribution in [1.29, 1.82) is 0 Å². The predicted octanol–water partition coefficient (Wildman–Crippen LogP) is 6.61. The van der Waals surface area contributed by atoms with Crippen LogP contribution in [-0.4, -0.2) is 22.0 Å². The predicted molar refractivity (Wildman–Crippen MR) is 129 cm³/mol. The fraction of sp³-hybridized carbons (Fsp3) is 0.724. The Morgan fingerprint density at radius 3 is 2.19 bits per heavy atom. The Morgan fingerprint density at radius 2 is 1.50 bits per heavy atom. The van der Waals surface area contributed by atoms with Crippen LogP contribution in [0.5, 0.6) is 0 Å². The third-order valence-corrected chi connectivity index (χ3v) is 12.6. The Kier molecular flexibility index (Phi) is 4.57. The van der Waals surface area contributed by atoms with Gasteiger partial charge in [0.05, 0.1) is 6.10 Å². The van der Waals surface area contributed by atoms with Gasteiger partial charge in [-0.3, -0.25) is 9.78 Å². The Bertz CT molecular complexity index is 986. The number of aliphatic hydroxyl groups is 1. The number of aliphatic hydroxyl groups excluding tert-OH is 1. The monoisotopic (exact) mass is 435 g/mol. The Morgan fingerprint density at radius 1 is 0.875 bits per heavy atom. The van der Waals surface area contributed by atoms with Gasteiger partial charge in [0.25, 0.3) is 0 Å². The van der Waals surface area contributed by atoms with Gasteiger partial charge in [0.2, 0.25) is 0 Å². The molecule has 0 spiro atoms. The van der Waals surface area contributed by atoms with Crippen LogP contribution in [0, 0.1) is 32.5 Å². The average molecular weight is 436 g/mol. The number of rotatable bonds is 1. The van der Waals surface area contributed by atoms with Gasteiger partial charge in [0, 0.05) is 17.8 Å². The van der Waals surface area contributed by atoms with Crippen LogP contribution in [0.4, 0.5) is 0 Å². The van der Waals surface area contributed by atoms with Crippen molar-refractivity contribution in [3.63, 3.8) is 0 Å². The van der Waals surface area contributed by atoms with Crippen LogP contribution in [0.3, 0.4) is 0 Å². The second-order valence-corrected chi connectivity index (χ2v) is 13.1. The molecule has 4 fully saturated rings. The maximum absolute atomic E-state index is 13.9. The van der Waals surface area contributed by atoms with Crippen molar-refractivity contribution in [2.75, 3.05) is 0 Å². The number of nitrogens with zero attached hydrogens (tertiary/aromatic N) is 1. The average Bonchev–Trinajstić information content (AvgIpc) is 2.95. The van der Waals surface area contributed by atoms with Crippen LogP contribution in [0.25, 0.3) is 6.08 Å². The van der Waals surface area contributed by atoms with Crippen molar-refractivity contribution in [2.24, 2.45) is 32.5 Å². The minimum atomic E-state index is -0.307. The minimum Gasteiger partial charge on any atom is -0.393 e. The fourth-order valence-corrected chi connectivity index (χ4v) is 9.50. The lowest BCUT2D eigenvalue weighted by molar-refractivity contribution is -0.282. The summed E-state index contributed by atoms with van der Waals surface area (Å²) in [6, 6.07) is 4.00. The van der Waals surface area contributed by atoms with Gasteiger partial charge in [-0.15, -0.1) is 0 Å². The molecule has 4 saturated carbocycles. The van der Waals surface area contributed by atoms with E-state index in [0.29, 0.717) is 5.78 Å². The molecule has 4 aliphatic carbocycles. The summed E-state index contributed by atoms with van der Waals surface area (Å²) in [5, 5.41) is 10.6. The van der Waals surface area contributed by atoms with E-state index in [1.807, 2.05) is 12.1 Å². The van der Waals surface area contributed by atoms with Gasteiger partial charge in [0.15, 0.2) is 5.78 Å². The maximum Gasteiger partial charge on any atom is 0.165 e. The number of hydrogen-bond acceptors (Lipinski definition) is 3. The molecule has 1 heterocycles. The Balaban J connectivity index is 1.62. The number of allylic oxidation sites excluding steroid dienone is 1. The van der Waals surface area contributed by atoms with E-state index >= 15 is 0 Å². The number of Topliss-reactive ketones (excluding diaryl/α,β-unsaturated/α-hetero) is 1. The van der Waals surface area contributed by atoms with Crippen LogP contribution in [0.1, 0.15) is 98.5 Å². The largest absolute Gasteiger partial charge is 0.393 e. The number of hydrogen-bond donors (Lipinski definition) is 1. The standard InChI is InChI=1S/C29H41NO2/c1-24-11-13-28(5)27(4,26(24,3)10-7-22(31)19-24)14-12-25(2)23(32)21(18-29(25,28)6)17-20-8-15-30-16-9-20/h8-9,15-17,22,31H,7,10-14,18-19H2,1-6H3/b21-17+/t22-,24-,25+,26-,27+,28+,29+/m1/s1. The molecule has 4 aliphatic rings. The quantitative estimate of drug-likeness (QED) is 0.505. The lowest BCUT2D eigenvalue weighted by Gasteiger charge is -2.76. The number of carbonyl (C=O) groups excluding carboxylic acids is 1. The maximum atomic E-state index is 13.9. The fourth-order valence-electron chi connectivity index (χ4n) is 9.50. The Labute approximate surface area is 194 Å². The van der Waals surface area contributed by atoms with Gasteiger partial charge in [-0.05, 0) is 108 Å². The zero-order valence-corrected chi connectivity index (χ0v) is 20.9. The van der Waals surface area contributed by atoms with Gasteiger partial charge in [-0.2, -0.15) is 0 Å². The second-order valence-electron chi connectivity index (χ2n) is 13.1. The zero-order valence-electron chi connectivity index (χ0n) is 20.9. The van der Waals surface area contributed by atoms with Crippen LogP contribution in [0.2, 0.25) is 0 Å². The van der Waals surface area contributed by atoms with Crippen molar-refractivity contribution in [3.05, 3.63) is 35.7 Å². The highest BCUT2D eigenvalue weighted by atomic mass is 16.3. The first-order valence-electron chi connectivity index (χ1n) is 12.7. The molecular weight excluding hydrogens is 394 g/mol. The first-order valence-corrected chi connectivity index (χ1v) is 12.7. The molecule has 0 bridgehead atoms. The number of aromatic nitrogens is 1. The number of ketones is 1. The smallest absolute Gasteiger partial charge is 0.165 e. The third-order valence-electron chi connectivity index (χ3n) is 12.6. The summed E-state index contributed by atoms with van der Waals surface area (Å²) in [4.78, 5) is 18.1. The molecule has 1 N–H and O–H groups in total. The van der Waals surface area contributed by atoms with E-state index in [1.165, 1.54) is 0 Å². The van der Waals surface area contributed by atoms with E-state index in [4.69, 9.17) is 0 Å². The molecule has 0 unspecified atom stereocenters. The molecule has 0 aromatic carbocycles. The van der Waals surface area contributed by atoms with Gasteiger partial charge < -0.3 is 5.11 Å². The first-order chi connectivity index (χ1) is 14.9. The molecule has 1 aromatic rings. The third kappa shape index (κ3) is 2.37. The van der Waals surface area contributed by atoms with Crippen LogP contribution < -0.4 is 0 Å². The van der Waals surface area contributed by atoms with E-state index in [9.17, 15) is 9.90 Å². The molecule has 0 saturated heterocycles. The number of pyridine rings is 1. The van der Waals surface area contributed by atoms with Gasteiger partial charge in [0.1, 0.15) is 0 Å². The van der Waals surface area contributed by atoms with Crippen molar-refractivity contribution >= 4 is 11.9 Å². The molecule has 32 heavy (non-hydrogen) atoms.